The summed E-state index contributed by atoms with van der Waals surface area (Å²) >= 11 is 0. The molecule has 0 aliphatic rings. The van der Waals surface area contributed by atoms with Crippen LogP contribution in [0.2, 0.25) is 0 Å². The molecule has 1 aromatic carbocycles. The van der Waals surface area contributed by atoms with Crippen LogP contribution in [0.15, 0.2) is 18.2 Å². The van der Waals surface area contributed by atoms with E-state index in [0.717, 1.165) is 0 Å². The van der Waals surface area contributed by atoms with Gasteiger partial charge < -0.3 is 10.4 Å². The zero-order valence-electron chi connectivity index (χ0n) is 10.2. The van der Waals surface area contributed by atoms with Crippen LogP contribution < -0.4 is 5.32 Å². The van der Waals surface area contributed by atoms with Gasteiger partial charge in [0, 0.05) is 30.3 Å². The van der Waals surface area contributed by atoms with Crippen molar-refractivity contribution in [2.75, 3.05) is 11.9 Å². The minimum Gasteiger partial charge on any atom is -0.396 e. The van der Waals surface area contributed by atoms with Gasteiger partial charge in [-0.1, -0.05) is 13.0 Å². The first-order valence-electron chi connectivity index (χ1n) is 5.76. The number of aryl methyl sites for hydroxylation is 1. The smallest absolute Gasteiger partial charge is 0.274 e. The third-order valence-corrected chi connectivity index (χ3v) is 2.51. The second-order valence-electron chi connectivity index (χ2n) is 3.83. The van der Waals surface area contributed by atoms with E-state index >= 15 is 0 Å². The zero-order valence-corrected chi connectivity index (χ0v) is 10.2. The SMILES string of the molecule is CCc1ccc(NC(=O)CCCO)cc1[N+](=O)[O-]. The van der Waals surface area contributed by atoms with Crippen LogP contribution in [0.1, 0.15) is 25.3 Å². The molecular weight excluding hydrogens is 236 g/mol. The van der Waals surface area contributed by atoms with Crippen molar-refractivity contribution >= 4 is 17.3 Å². The Morgan fingerprint density at radius 3 is 2.78 bits per heavy atom. The van der Waals surface area contributed by atoms with Gasteiger partial charge in [-0.25, -0.2) is 0 Å². The number of carbonyl (C=O) groups is 1. The van der Waals surface area contributed by atoms with Crippen LogP contribution in [0.5, 0.6) is 0 Å². The fourth-order valence-corrected chi connectivity index (χ4v) is 1.57. The average molecular weight is 252 g/mol. The Morgan fingerprint density at radius 1 is 1.50 bits per heavy atom. The summed E-state index contributed by atoms with van der Waals surface area (Å²) in [6, 6.07) is 4.64. The topological polar surface area (TPSA) is 92.5 Å². The number of amides is 1. The summed E-state index contributed by atoms with van der Waals surface area (Å²) < 4.78 is 0. The van der Waals surface area contributed by atoms with Gasteiger partial charge in [-0.15, -0.1) is 0 Å². The molecule has 1 amide bonds. The molecule has 0 bridgehead atoms. The predicted molar refractivity (Wildman–Crippen MR) is 67.4 cm³/mol. The fraction of sp³-hybridized carbons (Fsp3) is 0.417. The molecule has 0 spiro atoms. The molecule has 0 aliphatic carbocycles. The summed E-state index contributed by atoms with van der Waals surface area (Å²) in [6.07, 6.45) is 1.13. The summed E-state index contributed by atoms with van der Waals surface area (Å²) in [4.78, 5) is 21.8. The van der Waals surface area contributed by atoms with Gasteiger partial charge in [0.1, 0.15) is 0 Å². The van der Waals surface area contributed by atoms with E-state index in [9.17, 15) is 14.9 Å². The minimum atomic E-state index is -0.456. The standard InChI is InChI=1S/C12H16N2O4/c1-2-9-5-6-10(8-11(9)14(17)18)13-12(16)4-3-7-15/h5-6,8,15H,2-4,7H2,1H3,(H,13,16). The van der Waals surface area contributed by atoms with Gasteiger partial charge in [0.25, 0.3) is 5.69 Å². The van der Waals surface area contributed by atoms with E-state index in [1.807, 2.05) is 6.92 Å². The Kier molecular flexibility index (Phi) is 5.26. The normalized spacial score (nSPS) is 10.1. The Morgan fingerprint density at radius 2 is 2.22 bits per heavy atom. The molecule has 6 nitrogen and oxygen atoms in total. The first kappa shape index (κ1) is 14.1. The number of aliphatic hydroxyl groups excluding tert-OH is 1. The molecule has 0 aromatic heterocycles. The number of carbonyl (C=O) groups excluding carboxylic acids is 1. The van der Waals surface area contributed by atoms with Crippen LogP contribution in [-0.4, -0.2) is 22.5 Å². The second kappa shape index (κ2) is 6.70. The molecule has 0 heterocycles. The number of benzene rings is 1. The molecule has 0 saturated heterocycles. The van der Waals surface area contributed by atoms with Crippen LogP contribution in [0.25, 0.3) is 0 Å². The Hall–Kier alpha value is -1.95. The highest BCUT2D eigenvalue weighted by Crippen LogP contribution is 2.23. The Bertz CT molecular complexity index is 446. The Labute approximate surface area is 105 Å². The van der Waals surface area contributed by atoms with E-state index in [1.165, 1.54) is 6.07 Å². The average Bonchev–Trinajstić information content (AvgIpc) is 2.36. The maximum atomic E-state index is 11.4. The van der Waals surface area contributed by atoms with E-state index in [0.29, 0.717) is 24.1 Å². The van der Waals surface area contributed by atoms with Crippen molar-refractivity contribution in [3.05, 3.63) is 33.9 Å². The lowest BCUT2D eigenvalue weighted by Gasteiger charge is -2.06. The van der Waals surface area contributed by atoms with Crippen LogP contribution >= 0.6 is 0 Å². The molecule has 18 heavy (non-hydrogen) atoms. The van der Waals surface area contributed by atoms with Crippen molar-refractivity contribution in [1.29, 1.82) is 0 Å². The number of hydrogen-bond donors (Lipinski definition) is 2. The van der Waals surface area contributed by atoms with E-state index in [2.05, 4.69) is 5.32 Å². The first-order valence-corrected chi connectivity index (χ1v) is 5.76. The number of nitrogens with one attached hydrogen (secondary N) is 1. The quantitative estimate of drug-likeness (QED) is 0.597. The molecule has 6 heteroatoms. The van der Waals surface area contributed by atoms with Crippen molar-refractivity contribution in [1.82, 2.24) is 0 Å². The largest absolute Gasteiger partial charge is 0.396 e. The summed E-state index contributed by atoms with van der Waals surface area (Å²) in [5.41, 5.74) is 1.05. The molecular formula is C12H16N2O4. The van der Waals surface area contributed by atoms with Crippen LogP contribution in [-0.2, 0) is 11.2 Å². The highest BCUT2D eigenvalue weighted by molar-refractivity contribution is 5.91. The summed E-state index contributed by atoms with van der Waals surface area (Å²) in [5, 5.41) is 22.0. The molecule has 0 aliphatic heterocycles. The molecule has 98 valence electrons. The molecule has 0 radical (unpaired) electrons. The van der Waals surface area contributed by atoms with Gasteiger partial charge in [0.15, 0.2) is 0 Å². The fourth-order valence-electron chi connectivity index (χ4n) is 1.57. The number of rotatable bonds is 6. The third kappa shape index (κ3) is 3.81. The lowest BCUT2D eigenvalue weighted by molar-refractivity contribution is -0.385. The van der Waals surface area contributed by atoms with E-state index in [4.69, 9.17) is 5.11 Å². The van der Waals surface area contributed by atoms with Crippen molar-refractivity contribution in [2.45, 2.75) is 26.2 Å². The molecule has 0 unspecified atom stereocenters. The molecule has 0 atom stereocenters. The Balaban J connectivity index is 2.82. The lowest BCUT2D eigenvalue weighted by atomic mass is 10.1. The summed E-state index contributed by atoms with van der Waals surface area (Å²) in [6.45, 7) is 1.78. The summed E-state index contributed by atoms with van der Waals surface area (Å²) in [5.74, 6) is -0.261. The monoisotopic (exact) mass is 252 g/mol. The molecule has 0 fully saturated rings. The maximum Gasteiger partial charge on any atom is 0.274 e. The van der Waals surface area contributed by atoms with Crippen molar-refractivity contribution < 1.29 is 14.8 Å². The number of nitro groups is 1. The second-order valence-corrected chi connectivity index (χ2v) is 3.83. The van der Waals surface area contributed by atoms with E-state index < -0.39 is 4.92 Å². The number of aliphatic hydroxyl groups is 1. The van der Waals surface area contributed by atoms with Gasteiger partial charge in [-0.2, -0.15) is 0 Å². The van der Waals surface area contributed by atoms with Crippen LogP contribution in [0, 0.1) is 10.1 Å². The van der Waals surface area contributed by atoms with Crippen LogP contribution in [0.3, 0.4) is 0 Å². The summed E-state index contributed by atoms with van der Waals surface area (Å²) in [7, 11) is 0. The van der Waals surface area contributed by atoms with Crippen molar-refractivity contribution in [3.8, 4) is 0 Å². The highest BCUT2D eigenvalue weighted by atomic mass is 16.6. The highest BCUT2D eigenvalue weighted by Gasteiger charge is 2.13. The molecule has 1 rings (SSSR count). The number of nitrogens with zero attached hydrogens (tertiary/aromatic N) is 1. The molecule has 1 aromatic rings. The van der Waals surface area contributed by atoms with Gasteiger partial charge >= 0.3 is 0 Å². The number of hydrogen-bond acceptors (Lipinski definition) is 4. The molecule has 2 N–H and O–H groups in total. The van der Waals surface area contributed by atoms with Gasteiger partial charge in [-0.05, 0) is 18.9 Å². The van der Waals surface area contributed by atoms with E-state index in [-0.39, 0.29) is 24.6 Å². The van der Waals surface area contributed by atoms with Gasteiger partial charge in [0.05, 0.1) is 4.92 Å². The minimum absolute atomic E-state index is 0.0115. The van der Waals surface area contributed by atoms with Crippen LogP contribution in [0.4, 0.5) is 11.4 Å². The van der Waals surface area contributed by atoms with Crippen molar-refractivity contribution in [3.63, 3.8) is 0 Å². The van der Waals surface area contributed by atoms with Crippen molar-refractivity contribution in [2.24, 2.45) is 0 Å². The number of anilines is 1. The molecule has 0 saturated carbocycles. The van der Waals surface area contributed by atoms with Gasteiger partial charge in [0.2, 0.25) is 5.91 Å². The maximum absolute atomic E-state index is 11.4. The van der Waals surface area contributed by atoms with E-state index in [1.54, 1.807) is 12.1 Å². The number of nitro benzene ring substituents is 1. The zero-order chi connectivity index (χ0) is 13.5. The first-order chi connectivity index (χ1) is 8.58. The predicted octanol–water partition coefficient (Wildman–Crippen LogP) is 1.87. The third-order valence-electron chi connectivity index (χ3n) is 2.51. The lowest BCUT2D eigenvalue weighted by Crippen LogP contribution is -2.12. The van der Waals surface area contributed by atoms with Gasteiger partial charge in [-0.3, -0.25) is 14.9 Å².